The van der Waals surface area contributed by atoms with Gasteiger partial charge in [-0.05, 0) is 72.5 Å². The third-order valence-electron chi connectivity index (χ3n) is 7.66. The van der Waals surface area contributed by atoms with Gasteiger partial charge in [-0.25, -0.2) is 4.79 Å². The van der Waals surface area contributed by atoms with Crippen molar-refractivity contribution in [3.63, 3.8) is 0 Å². The molecule has 0 radical (unpaired) electrons. The molecule has 0 saturated carbocycles. The van der Waals surface area contributed by atoms with Crippen LogP contribution in [0.3, 0.4) is 0 Å². The number of thiol groups is 1. The predicted molar refractivity (Wildman–Crippen MR) is 183 cm³/mol. The summed E-state index contributed by atoms with van der Waals surface area (Å²) in [5.41, 5.74) is 2.97. The van der Waals surface area contributed by atoms with E-state index in [0.29, 0.717) is 41.6 Å². The van der Waals surface area contributed by atoms with E-state index in [2.05, 4.69) is 25.6 Å². The minimum Gasteiger partial charge on any atom is -0.493 e. The summed E-state index contributed by atoms with van der Waals surface area (Å²) in [7, 11) is 0. The Bertz CT molecular complexity index is 1270. The Kier molecular flexibility index (Phi) is 17.0. The average molecular weight is 616 g/mol. The van der Waals surface area contributed by atoms with Gasteiger partial charge >= 0.3 is 5.97 Å². The number of nitrogens with zero attached hydrogens (tertiary/aromatic N) is 1. The number of carbonyl (C=O) groups is 1. The van der Waals surface area contributed by atoms with Gasteiger partial charge in [0.15, 0.2) is 0 Å². The second kappa shape index (κ2) is 21.3. The van der Waals surface area contributed by atoms with E-state index < -0.39 is 5.97 Å². The van der Waals surface area contributed by atoms with Crippen molar-refractivity contribution in [3.8, 4) is 34.4 Å². The number of rotatable bonds is 22. The van der Waals surface area contributed by atoms with Gasteiger partial charge in [0.05, 0.1) is 24.8 Å². The molecule has 3 rings (SSSR count). The maximum absolute atomic E-state index is 13.3. The Morgan fingerprint density at radius 1 is 0.659 bits per heavy atom. The van der Waals surface area contributed by atoms with Gasteiger partial charge in [-0.15, -0.1) is 0 Å². The standard InChI is InChI=1S/C38H49NO4S/c1-2-3-4-5-10-13-26-41-35-24-25-36(37(29-35)42-27-14-11-8-6-7-9-12-15-28-44)38(40)43-34-22-20-33(21-23-34)32-18-16-31(30-39)17-19-32/h16-25,29,44H,2-15,26-28H2,1H3. The van der Waals surface area contributed by atoms with E-state index in [4.69, 9.17) is 19.5 Å². The Labute approximate surface area is 270 Å². The summed E-state index contributed by atoms with van der Waals surface area (Å²) in [6.45, 7) is 3.42. The molecule has 0 aliphatic rings. The number of esters is 1. The van der Waals surface area contributed by atoms with Crippen molar-refractivity contribution in [1.82, 2.24) is 0 Å². The summed E-state index contributed by atoms with van der Waals surface area (Å²) >= 11 is 4.28. The van der Waals surface area contributed by atoms with E-state index in [1.807, 2.05) is 36.4 Å². The summed E-state index contributed by atoms with van der Waals surface area (Å²) < 4.78 is 17.9. The predicted octanol–water partition coefficient (Wildman–Crippen LogP) is 10.6. The number of hydrogen-bond acceptors (Lipinski definition) is 6. The van der Waals surface area contributed by atoms with Crippen LogP contribution in [0.5, 0.6) is 17.2 Å². The van der Waals surface area contributed by atoms with Crippen molar-refractivity contribution in [2.75, 3.05) is 19.0 Å². The fourth-order valence-electron chi connectivity index (χ4n) is 5.02. The third kappa shape index (κ3) is 13.1. The maximum Gasteiger partial charge on any atom is 0.347 e. The molecule has 0 unspecified atom stereocenters. The molecule has 0 saturated heterocycles. The van der Waals surface area contributed by atoms with E-state index in [-0.39, 0.29) is 0 Å². The number of carbonyl (C=O) groups excluding carboxylic acids is 1. The number of unbranched alkanes of at least 4 members (excludes halogenated alkanes) is 12. The summed E-state index contributed by atoms with van der Waals surface area (Å²) in [5, 5.41) is 9.04. The normalized spacial score (nSPS) is 10.8. The van der Waals surface area contributed by atoms with Crippen molar-refractivity contribution in [2.24, 2.45) is 0 Å². The van der Waals surface area contributed by atoms with Crippen LogP contribution < -0.4 is 14.2 Å². The number of benzene rings is 3. The molecule has 44 heavy (non-hydrogen) atoms. The van der Waals surface area contributed by atoms with Gasteiger partial charge in [0.1, 0.15) is 22.8 Å². The molecule has 3 aromatic carbocycles. The highest BCUT2D eigenvalue weighted by Crippen LogP contribution is 2.28. The quantitative estimate of drug-likeness (QED) is 0.0527. The molecule has 0 amide bonds. The smallest absolute Gasteiger partial charge is 0.347 e. The highest BCUT2D eigenvalue weighted by Gasteiger charge is 2.17. The largest absolute Gasteiger partial charge is 0.493 e. The number of nitriles is 1. The topological polar surface area (TPSA) is 68.5 Å². The minimum absolute atomic E-state index is 0.386. The highest BCUT2D eigenvalue weighted by molar-refractivity contribution is 7.80. The molecule has 236 valence electrons. The molecule has 0 aliphatic carbocycles. The molecule has 0 fully saturated rings. The lowest BCUT2D eigenvalue weighted by Gasteiger charge is -2.14. The lowest BCUT2D eigenvalue weighted by Crippen LogP contribution is -2.12. The minimum atomic E-state index is -0.463. The zero-order valence-electron chi connectivity index (χ0n) is 26.4. The van der Waals surface area contributed by atoms with Crippen LogP contribution in [-0.2, 0) is 0 Å². The number of hydrogen-bond donors (Lipinski definition) is 1. The van der Waals surface area contributed by atoms with E-state index in [1.165, 1.54) is 64.2 Å². The summed E-state index contributed by atoms with van der Waals surface area (Å²) in [6.07, 6.45) is 16.7. The molecule has 0 bridgehead atoms. The molecule has 0 atom stereocenters. The van der Waals surface area contributed by atoms with Gasteiger partial charge in [-0.1, -0.05) is 102 Å². The van der Waals surface area contributed by atoms with Crippen molar-refractivity contribution >= 4 is 18.6 Å². The molecule has 3 aromatic rings. The molecule has 0 N–H and O–H groups in total. The van der Waals surface area contributed by atoms with Gasteiger partial charge in [0.25, 0.3) is 0 Å². The van der Waals surface area contributed by atoms with Gasteiger partial charge in [-0.2, -0.15) is 17.9 Å². The monoisotopic (exact) mass is 615 g/mol. The van der Waals surface area contributed by atoms with Crippen molar-refractivity contribution in [2.45, 2.75) is 96.8 Å². The lowest BCUT2D eigenvalue weighted by molar-refractivity contribution is 0.0730. The first-order valence-electron chi connectivity index (χ1n) is 16.5. The molecule has 5 nitrogen and oxygen atoms in total. The molecule has 0 heterocycles. The highest BCUT2D eigenvalue weighted by atomic mass is 32.1. The Hall–Kier alpha value is -3.43. The van der Waals surface area contributed by atoms with Gasteiger partial charge in [-0.3, -0.25) is 0 Å². The van der Waals surface area contributed by atoms with Crippen LogP contribution >= 0.6 is 12.6 Å². The average Bonchev–Trinajstić information content (AvgIpc) is 3.05. The Balaban J connectivity index is 1.57. The van der Waals surface area contributed by atoms with Crippen LogP contribution in [0, 0.1) is 11.3 Å². The molecule has 0 spiro atoms. The molecular weight excluding hydrogens is 566 g/mol. The van der Waals surface area contributed by atoms with Crippen LogP contribution in [0.1, 0.15) is 113 Å². The zero-order valence-corrected chi connectivity index (χ0v) is 27.3. The van der Waals surface area contributed by atoms with E-state index in [9.17, 15) is 4.79 Å². The first kappa shape index (κ1) is 35.1. The van der Waals surface area contributed by atoms with E-state index in [1.54, 1.807) is 30.3 Å². The molecule has 6 heteroatoms. The molecule has 0 aromatic heterocycles. The van der Waals surface area contributed by atoms with Crippen molar-refractivity contribution < 1.29 is 19.0 Å². The van der Waals surface area contributed by atoms with Crippen LogP contribution in [0.4, 0.5) is 0 Å². The van der Waals surface area contributed by atoms with Crippen molar-refractivity contribution in [3.05, 3.63) is 77.9 Å². The van der Waals surface area contributed by atoms with Gasteiger partial charge in [0, 0.05) is 6.07 Å². The molecule has 0 aliphatic heterocycles. The summed E-state index contributed by atoms with van der Waals surface area (Å²) in [4.78, 5) is 13.3. The Morgan fingerprint density at radius 3 is 1.77 bits per heavy atom. The lowest BCUT2D eigenvalue weighted by atomic mass is 10.0. The fraction of sp³-hybridized carbons (Fsp3) is 0.474. The van der Waals surface area contributed by atoms with Crippen molar-refractivity contribution in [1.29, 1.82) is 5.26 Å². The first-order valence-corrected chi connectivity index (χ1v) is 17.1. The maximum atomic E-state index is 13.3. The first-order chi connectivity index (χ1) is 21.6. The van der Waals surface area contributed by atoms with Crippen LogP contribution in [0.15, 0.2) is 66.7 Å². The summed E-state index contributed by atoms with van der Waals surface area (Å²) in [5.74, 6) is 2.17. The second-order valence-corrected chi connectivity index (χ2v) is 11.7. The van der Waals surface area contributed by atoms with Crippen LogP contribution in [0.25, 0.3) is 11.1 Å². The number of ether oxygens (including phenoxy) is 3. The van der Waals surface area contributed by atoms with Crippen LogP contribution in [0.2, 0.25) is 0 Å². The van der Waals surface area contributed by atoms with Crippen LogP contribution in [-0.4, -0.2) is 24.9 Å². The Morgan fingerprint density at radius 2 is 1.18 bits per heavy atom. The molecular formula is C38H49NO4S. The fourth-order valence-corrected chi connectivity index (χ4v) is 5.25. The third-order valence-corrected chi connectivity index (χ3v) is 7.98. The van der Waals surface area contributed by atoms with Gasteiger partial charge < -0.3 is 14.2 Å². The zero-order chi connectivity index (χ0) is 31.2. The second-order valence-electron chi connectivity index (χ2n) is 11.3. The van der Waals surface area contributed by atoms with E-state index in [0.717, 1.165) is 42.6 Å². The SMILES string of the molecule is CCCCCCCCOc1ccc(C(=O)Oc2ccc(-c3ccc(C#N)cc3)cc2)c(OCCCCCCCCCCS)c1. The van der Waals surface area contributed by atoms with Gasteiger partial charge in [0.2, 0.25) is 0 Å². The van der Waals surface area contributed by atoms with E-state index >= 15 is 0 Å². The summed E-state index contributed by atoms with van der Waals surface area (Å²) in [6, 6.07) is 22.3.